The highest BCUT2D eigenvalue weighted by Gasteiger charge is 2.25. The molecule has 0 spiro atoms. The topological polar surface area (TPSA) is 60.4 Å². The molecule has 0 aliphatic carbocycles. The van der Waals surface area contributed by atoms with Crippen LogP contribution in [-0.4, -0.2) is 19.8 Å². The number of benzene rings is 1. The minimum atomic E-state index is -4.07. The lowest BCUT2D eigenvalue weighted by molar-refractivity contribution is -0.133. The van der Waals surface area contributed by atoms with Gasteiger partial charge in [-0.25, -0.2) is 4.79 Å². The molecular formula is C14H19ClO4S. The van der Waals surface area contributed by atoms with E-state index in [2.05, 4.69) is 11.1 Å². The SMILES string of the molecule is CCCCCCC(Cl)C(=O)OS(=O)(=O)c1ccccc1. The van der Waals surface area contributed by atoms with Crippen LogP contribution in [-0.2, 0) is 19.1 Å². The summed E-state index contributed by atoms with van der Waals surface area (Å²) in [6.07, 6.45) is 4.33. The zero-order chi connectivity index (χ0) is 15.0. The van der Waals surface area contributed by atoms with Crippen molar-refractivity contribution in [1.29, 1.82) is 0 Å². The van der Waals surface area contributed by atoms with Crippen molar-refractivity contribution in [2.24, 2.45) is 0 Å². The van der Waals surface area contributed by atoms with E-state index in [4.69, 9.17) is 11.6 Å². The summed E-state index contributed by atoms with van der Waals surface area (Å²) in [6.45, 7) is 2.08. The highest BCUT2D eigenvalue weighted by atomic mass is 35.5. The van der Waals surface area contributed by atoms with E-state index in [0.717, 1.165) is 25.7 Å². The zero-order valence-corrected chi connectivity index (χ0v) is 13.0. The van der Waals surface area contributed by atoms with Crippen LogP contribution in [0.4, 0.5) is 0 Å². The van der Waals surface area contributed by atoms with Crippen LogP contribution in [0.2, 0.25) is 0 Å². The Labute approximate surface area is 125 Å². The molecule has 1 rings (SSSR count). The number of hydrogen-bond acceptors (Lipinski definition) is 4. The van der Waals surface area contributed by atoms with Crippen LogP contribution in [0, 0.1) is 0 Å². The summed E-state index contributed by atoms with van der Waals surface area (Å²) in [5, 5.41) is -0.926. The largest absolute Gasteiger partial charge is 0.341 e. The summed E-state index contributed by atoms with van der Waals surface area (Å²) in [5.41, 5.74) is 0. The number of carbonyl (C=O) groups is 1. The van der Waals surface area contributed by atoms with Gasteiger partial charge in [0.25, 0.3) is 0 Å². The molecule has 0 saturated carbocycles. The van der Waals surface area contributed by atoms with Crippen LogP contribution < -0.4 is 0 Å². The second-order valence-electron chi connectivity index (χ2n) is 4.49. The molecule has 0 heterocycles. The van der Waals surface area contributed by atoms with Crippen molar-refractivity contribution in [3.05, 3.63) is 30.3 Å². The van der Waals surface area contributed by atoms with E-state index in [9.17, 15) is 13.2 Å². The third-order valence-electron chi connectivity index (χ3n) is 2.79. The van der Waals surface area contributed by atoms with Crippen molar-refractivity contribution in [3.8, 4) is 0 Å². The number of halogens is 1. The second kappa shape index (κ2) is 8.27. The van der Waals surface area contributed by atoms with Crippen molar-refractivity contribution in [2.45, 2.75) is 49.3 Å². The van der Waals surface area contributed by atoms with E-state index in [1.165, 1.54) is 12.1 Å². The molecule has 20 heavy (non-hydrogen) atoms. The Balaban J connectivity index is 2.53. The number of alkyl halides is 1. The van der Waals surface area contributed by atoms with Gasteiger partial charge in [-0.3, -0.25) is 0 Å². The molecule has 112 valence electrons. The molecule has 0 radical (unpaired) electrons. The third-order valence-corrected chi connectivity index (χ3v) is 4.42. The van der Waals surface area contributed by atoms with Gasteiger partial charge in [-0.05, 0) is 18.6 Å². The third kappa shape index (κ3) is 5.51. The molecule has 0 fully saturated rings. The molecule has 1 unspecified atom stereocenters. The minimum absolute atomic E-state index is 0.0526. The molecular weight excluding hydrogens is 300 g/mol. The highest BCUT2D eigenvalue weighted by molar-refractivity contribution is 7.87. The fourth-order valence-corrected chi connectivity index (χ4v) is 2.83. The van der Waals surface area contributed by atoms with E-state index in [0.29, 0.717) is 6.42 Å². The Bertz CT molecular complexity index is 513. The molecule has 0 amide bonds. The summed E-state index contributed by atoms with van der Waals surface area (Å²) >= 11 is 5.86. The first-order valence-corrected chi connectivity index (χ1v) is 8.49. The van der Waals surface area contributed by atoms with E-state index < -0.39 is 21.5 Å². The molecule has 0 saturated heterocycles. The van der Waals surface area contributed by atoms with Gasteiger partial charge in [0.1, 0.15) is 10.3 Å². The molecule has 4 nitrogen and oxygen atoms in total. The van der Waals surface area contributed by atoms with Gasteiger partial charge in [-0.2, -0.15) is 8.42 Å². The first kappa shape index (κ1) is 17.0. The van der Waals surface area contributed by atoms with Crippen LogP contribution in [0.15, 0.2) is 35.2 Å². The smallest absolute Gasteiger partial charge is 0.341 e. The Morgan fingerprint density at radius 2 is 1.85 bits per heavy atom. The van der Waals surface area contributed by atoms with Gasteiger partial charge in [0.05, 0.1) is 0 Å². The van der Waals surface area contributed by atoms with Gasteiger partial charge in [-0.1, -0.05) is 50.8 Å². The fourth-order valence-electron chi connectivity index (χ4n) is 1.66. The number of unbranched alkanes of at least 4 members (excludes halogenated alkanes) is 3. The quantitative estimate of drug-likeness (QED) is 0.418. The predicted molar refractivity (Wildman–Crippen MR) is 78.1 cm³/mol. The second-order valence-corrected chi connectivity index (χ2v) is 6.56. The van der Waals surface area contributed by atoms with Crippen molar-refractivity contribution < 1.29 is 17.4 Å². The summed E-state index contributed by atoms with van der Waals surface area (Å²) in [7, 11) is -4.07. The van der Waals surface area contributed by atoms with Crippen molar-refractivity contribution >= 4 is 27.7 Å². The number of hydrogen-bond donors (Lipinski definition) is 0. The van der Waals surface area contributed by atoms with Gasteiger partial charge in [-0.15, -0.1) is 11.6 Å². The zero-order valence-electron chi connectivity index (χ0n) is 11.4. The van der Waals surface area contributed by atoms with E-state index in [1.54, 1.807) is 18.2 Å². The number of carbonyl (C=O) groups excluding carboxylic acids is 1. The van der Waals surface area contributed by atoms with Crippen molar-refractivity contribution in [1.82, 2.24) is 0 Å². The maximum absolute atomic E-state index is 11.8. The Morgan fingerprint density at radius 1 is 1.20 bits per heavy atom. The van der Waals surface area contributed by atoms with Gasteiger partial charge in [0.15, 0.2) is 0 Å². The summed E-state index contributed by atoms with van der Waals surface area (Å²) in [5.74, 6) is -0.910. The Hall–Kier alpha value is -1.07. The van der Waals surface area contributed by atoms with Crippen LogP contribution in [0.5, 0.6) is 0 Å². The molecule has 0 N–H and O–H groups in total. The van der Waals surface area contributed by atoms with E-state index >= 15 is 0 Å². The number of rotatable bonds is 8. The lowest BCUT2D eigenvalue weighted by Crippen LogP contribution is -2.22. The first-order chi connectivity index (χ1) is 9.47. The monoisotopic (exact) mass is 318 g/mol. The summed E-state index contributed by atoms with van der Waals surface area (Å²) < 4.78 is 28.2. The van der Waals surface area contributed by atoms with Gasteiger partial charge >= 0.3 is 16.1 Å². The van der Waals surface area contributed by atoms with E-state index in [1.807, 2.05) is 0 Å². The molecule has 1 aromatic carbocycles. The van der Waals surface area contributed by atoms with Gasteiger partial charge in [0, 0.05) is 0 Å². The standard InChI is InChI=1S/C14H19ClO4S/c1-2-3-4-8-11-13(15)14(16)19-20(17,18)12-9-6-5-7-10-12/h5-7,9-10,13H,2-4,8,11H2,1H3. The van der Waals surface area contributed by atoms with Crippen LogP contribution in [0.25, 0.3) is 0 Å². The molecule has 6 heteroatoms. The summed E-state index contributed by atoms with van der Waals surface area (Å²) in [4.78, 5) is 11.6. The maximum Gasteiger partial charge on any atom is 0.341 e. The molecule has 0 aliphatic heterocycles. The molecule has 0 bridgehead atoms. The average molecular weight is 319 g/mol. The normalized spacial score (nSPS) is 12.9. The first-order valence-electron chi connectivity index (χ1n) is 6.65. The minimum Gasteiger partial charge on any atom is -0.341 e. The molecule has 1 atom stereocenters. The van der Waals surface area contributed by atoms with Crippen LogP contribution in [0.3, 0.4) is 0 Å². The Kier molecular flexibility index (Phi) is 7.02. The lowest BCUT2D eigenvalue weighted by Gasteiger charge is -2.09. The van der Waals surface area contributed by atoms with Crippen molar-refractivity contribution in [3.63, 3.8) is 0 Å². The predicted octanol–water partition coefficient (Wildman–Crippen LogP) is 3.50. The lowest BCUT2D eigenvalue weighted by atomic mass is 10.1. The van der Waals surface area contributed by atoms with Crippen molar-refractivity contribution in [2.75, 3.05) is 0 Å². The highest BCUT2D eigenvalue weighted by Crippen LogP contribution is 2.16. The van der Waals surface area contributed by atoms with Crippen LogP contribution in [0.1, 0.15) is 39.0 Å². The van der Waals surface area contributed by atoms with Gasteiger partial charge < -0.3 is 4.18 Å². The molecule has 0 aromatic heterocycles. The maximum atomic E-state index is 11.8. The summed E-state index contributed by atoms with van der Waals surface area (Å²) in [6, 6.07) is 7.53. The van der Waals surface area contributed by atoms with Gasteiger partial charge in [0.2, 0.25) is 0 Å². The Morgan fingerprint density at radius 3 is 2.45 bits per heavy atom. The molecule has 0 aliphatic rings. The van der Waals surface area contributed by atoms with Crippen LogP contribution >= 0.6 is 11.6 Å². The average Bonchev–Trinajstić information content (AvgIpc) is 2.44. The fraction of sp³-hybridized carbons (Fsp3) is 0.500. The van der Waals surface area contributed by atoms with E-state index in [-0.39, 0.29) is 4.90 Å². The molecule has 1 aromatic rings.